The van der Waals surface area contributed by atoms with E-state index in [1.54, 1.807) is 12.1 Å². The van der Waals surface area contributed by atoms with Crippen LogP contribution in [0.1, 0.15) is 10.5 Å². The van der Waals surface area contributed by atoms with Crippen LogP contribution >= 0.6 is 0 Å². The molecule has 0 aliphatic rings. The second-order valence-corrected chi connectivity index (χ2v) is 4.23. The summed E-state index contributed by atoms with van der Waals surface area (Å²) in [4.78, 5) is 18.2. The Labute approximate surface area is 118 Å². The molecule has 21 heavy (non-hydrogen) atoms. The van der Waals surface area contributed by atoms with Gasteiger partial charge in [-0.15, -0.1) is 10.2 Å². The minimum atomic E-state index is -0.652. The number of fused-ring (bicyclic) bond motifs is 1. The summed E-state index contributed by atoms with van der Waals surface area (Å²) in [5.74, 6) is -1.41. The van der Waals surface area contributed by atoms with Crippen LogP contribution in [0.15, 0.2) is 52.8 Å². The van der Waals surface area contributed by atoms with Crippen LogP contribution in [0.2, 0.25) is 0 Å². The van der Waals surface area contributed by atoms with Crippen LogP contribution in [0.3, 0.4) is 0 Å². The van der Waals surface area contributed by atoms with E-state index in [4.69, 9.17) is 0 Å². The molecule has 0 unspecified atom stereocenters. The van der Waals surface area contributed by atoms with Crippen LogP contribution in [-0.2, 0) is 0 Å². The number of azo groups is 1. The lowest BCUT2D eigenvalue weighted by molar-refractivity contribution is 0.0990. The molecule has 2 heterocycles. The lowest BCUT2D eigenvalue weighted by Crippen LogP contribution is -1.96. The normalized spacial score (nSPS) is 11.3. The first-order valence-electron chi connectivity index (χ1n) is 6.02. The van der Waals surface area contributed by atoms with Gasteiger partial charge in [0, 0.05) is 11.6 Å². The highest BCUT2D eigenvalue weighted by Gasteiger charge is 2.12. The zero-order chi connectivity index (χ0) is 14.8. The standard InChI is InChI=1S/C14H9FN4O2/c15-8-4-5-10-9(7-8)12(14(21)17-10)18-19-13(20)11-3-1-2-6-16-11/h1-7,17,21H. The summed E-state index contributed by atoms with van der Waals surface area (Å²) in [5.41, 5.74) is 0.633. The first kappa shape index (κ1) is 12.9. The van der Waals surface area contributed by atoms with Gasteiger partial charge in [0.05, 0.1) is 5.52 Å². The van der Waals surface area contributed by atoms with Gasteiger partial charge in [-0.1, -0.05) is 6.07 Å². The minimum Gasteiger partial charge on any atom is -0.493 e. The summed E-state index contributed by atoms with van der Waals surface area (Å²) < 4.78 is 13.2. The molecule has 2 aromatic heterocycles. The highest BCUT2D eigenvalue weighted by atomic mass is 19.1. The predicted molar refractivity (Wildman–Crippen MR) is 73.0 cm³/mol. The van der Waals surface area contributed by atoms with E-state index in [9.17, 15) is 14.3 Å². The van der Waals surface area contributed by atoms with Gasteiger partial charge < -0.3 is 10.1 Å². The fourth-order valence-electron chi connectivity index (χ4n) is 1.87. The molecule has 0 radical (unpaired) electrons. The zero-order valence-electron chi connectivity index (χ0n) is 10.6. The van der Waals surface area contributed by atoms with Gasteiger partial charge in [0.2, 0.25) is 5.88 Å². The SMILES string of the molecule is O=C(N=Nc1c(O)[nH]c2ccc(F)cc12)c1ccccn1. The molecule has 0 bridgehead atoms. The second kappa shape index (κ2) is 5.12. The number of H-pyrrole nitrogens is 1. The van der Waals surface area contributed by atoms with Crippen molar-refractivity contribution in [2.45, 2.75) is 0 Å². The maximum Gasteiger partial charge on any atom is 0.313 e. The monoisotopic (exact) mass is 284 g/mol. The molecule has 3 rings (SSSR count). The Kier molecular flexibility index (Phi) is 3.15. The zero-order valence-corrected chi connectivity index (χ0v) is 10.6. The lowest BCUT2D eigenvalue weighted by atomic mass is 10.2. The van der Waals surface area contributed by atoms with Crippen LogP contribution in [0.25, 0.3) is 10.9 Å². The number of nitrogens with zero attached hydrogens (tertiary/aromatic N) is 3. The van der Waals surface area contributed by atoms with Crippen molar-refractivity contribution < 1.29 is 14.3 Å². The van der Waals surface area contributed by atoms with E-state index in [-0.39, 0.29) is 17.3 Å². The number of aromatic amines is 1. The molecule has 0 atom stereocenters. The number of nitrogens with one attached hydrogen (secondary N) is 1. The Balaban J connectivity index is 1.98. The van der Waals surface area contributed by atoms with Gasteiger partial charge in [-0.05, 0) is 30.3 Å². The summed E-state index contributed by atoms with van der Waals surface area (Å²) in [5, 5.41) is 17.3. The molecule has 0 saturated heterocycles. The van der Waals surface area contributed by atoms with Crippen molar-refractivity contribution >= 4 is 22.5 Å². The fraction of sp³-hybridized carbons (Fsp3) is 0. The van der Waals surface area contributed by atoms with E-state index in [0.717, 1.165) is 0 Å². The first-order valence-corrected chi connectivity index (χ1v) is 6.02. The number of aromatic nitrogens is 2. The number of aromatic hydroxyl groups is 1. The first-order chi connectivity index (χ1) is 10.1. The number of halogens is 1. The van der Waals surface area contributed by atoms with Crippen LogP contribution < -0.4 is 0 Å². The molecular weight excluding hydrogens is 275 g/mol. The molecule has 2 N–H and O–H groups in total. The largest absolute Gasteiger partial charge is 0.493 e. The molecular formula is C14H9FN4O2. The number of amides is 1. The van der Waals surface area contributed by atoms with Crippen LogP contribution in [0.4, 0.5) is 10.1 Å². The summed E-state index contributed by atoms with van der Waals surface area (Å²) >= 11 is 0. The molecule has 0 saturated carbocycles. The quantitative estimate of drug-likeness (QED) is 0.707. The predicted octanol–water partition coefficient (Wildman–Crippen LogP) is 3.33. The van der Waals surface area contributed by atoms with Gasteiger partial charge in [0.25, 0.3) is 0 Å². The van der Waals surface area contributed by atoms with Crippen molar-refractivity contribution in [2.24, 2.45) is 10.2 Å². The third-order valence-corrected chi connectivity index (χ3v) is 2.84. The van der Waals surface area contributed by atoms with E-state index in [1.165, 1.54) is 30.5 Å². The van der Waals surface area contributed by atoms with E-state index in [2.05, 4.69) is 20.2 Å². The number of hydrogen-bond donors (Lipinski definition) is 2. The summed E-state index contributed by atoms with van der Waals surface area (Å²) in [6.45, 7) is 0. The average Bonchev–Trinajstić information content (AvgIpc) is 2.80. The van der Waals surface area contributed by atoms with Crippen LogP contribution in [-0.4, -0.2) is 21.0 Å². The summed E-state index contributed by atoms with van der Waals surface area (Å²) in [6, 6.07) is 8.72. The van der Waals surface area contributed by atoms with E-state index >= 15 is 0 Å². The molecule has 1 amide bonds. The fourth-order valence-corrected chi connectivity index (χ4v) is 1.87. The maximum atomic E-state index is 13.2. The molecule has 0 spiro atoms. The molecule has 0 aliphatic heterocycles. The van der Waals surface area contributed by atoms with Crippen LogP contribution in [0, 0.1) is 5.82 Å². The topological polar surface area (TPSA) is 90.7 Å². The molecule has 0 aliphatic carbocycles. The number of hydrogen-bond acceptors (Lipinski definition) is 4. The number of benzene rings is 1. The third kappa shape index (κ3) is 2.48. The van der Waals surface area contributed by atoms with Gasteiger partial charge in [0.15, 0.2) is 5.69 Å². The van der Waals surface area contributed by atoms with Gasteiger partial charge in [0.1, 0.15) is 11.5 Å². The Hall–Kier alpha value is -3.09. The van der Waals surface area contributed by atoms with Crippen molar-refractivity contribution in [2.75, 3.05) is 0 Å². The highest BCUT2D eigenvalue weighted by Crippen LogP contribution is 2.35. The summed E-state index contributed by atoms with van der Waals surface area (Å²) in [6.07, 6.45) is 1.46. The minimum absolute atomic E-state index is 0.00813. The molecule has 7 heteroatoms. The van der Waals surface area contributed by atoms with E-state index in [0.29, 0.717) is 10.9 Å². The molecule has 0 fully saturated rings. The third-order valence-electron chi connectivity index (χ3n) is 2.84. The van der Waals surface area contributed by atoms with Gasteiger partial charge in [-0.3, -0.25) is 9.78 Å². The summed E-state index contributed by atoms with van der Waals surface area (Å²) in [7, 11) is 0. The van der Waals surface area contributed by atoms with Crippen molar-refractivity contribution in [1.29, 1.82) is 0 Å². The number of rotatable bonds is 2. The Bertz CT molecular complexity index is 843. The number of carbonyl (C=O) groups is 1. The Morgan fingerprint density at radius 2 is 2.14 bits per heavy atom. The lowest BCUT2D eigenvalue weighted by Gasteiger charge is -1.93. The van der Waals surface area contributed by atoms with Crippen molar-refractivity contribution in [1.82, 2.24) is 9.97 Å². The average molecular weight is 284 g/mol. The maximum absolute atomic E-state index is 13.2. The van der Waals surface area contributed by atoms with Crippen molar-refractivity contribution in [3.8, 4) is 5.88 Å². The molecule has 104 valence electrons. The van der Waals surface area contributed by atoms with Gasteiger partial charge in [-0.25, -0.2) is 4.39 Å². The molecule has 6 nitrogen and oxygen atoms in total. The Morgan fingerprint density at radius 1 is 1.29 bits per heavy atom. The Morgan fingerprint density at radius 3 is 2.90 bits per heavy atom. The smallest absolute Gasteiger partial charge is 0.313 e. The van der Waals surface area contributed by atoms with Crippen LogP contribution in [0.5, 0.6) is 5.88 Å². The molecule has 3 aromatic rings. The van der Waals surface area contributed by atoms with Gasteiger partial charge >= 0.3 is 5.91 Å². The number of carbonyl (C=O) groups excluding carboxylic acids is 1. The molecule has 1 aromatic carbocycles. The van der Waals surface area contributed by atoms with Gasteiger partial charge in [-0.2, -0.15) is 0 Å². The van der Waals surface area contributed by atoms with Crippen molar-refractivity contribution in [3.63, 3.8) is 0 Å². The van der Waals surface area contributed by atoms with Crippen molar-refractivity contribution in [3.05, 3.63) is 54.1 Å². The van der Waals surface area contributed by atoms with E-state index in [1.807, 2.05) is 0 Å². The van der Waals surface area contributed by atoms with E-state index < -0.39 is 11.7 Å². The second-order valence-electron chi connectivity index (χ2n) is 4.23. The number of pyridine rings is 1. The highest BCUT2D eigenvalue weighted by molar-refractivity contribution is 5.96.